The van der Waals surface area contributed by atoms with Crippen LogP contribution < -0.4 is 9.47 Å². The summed E-state index contributed by atoms with van der Waals surface area (Å²) in [4.78, 5) is 0. The molecule has 0 saturated heterocycles. The van der Waals surface area contributed by atoms with Crippen LogP contribution in [0.4, 0.5) is 0 Å². The number of fused-ring (bicyclic) bond motifs is 7. The molecule has 1 aliphatic heterocycles. The highest BCUT2D eigenvalue weighted by atomic mass is 16.7. The maximum atomic E-state index is 6.02. The first-order valence-corrected chi connectivity index (χ1v) is 8.33. The zero-order valence-electron chi connectivity index (χ0n) is 13.7. The Hall–Kier alpha value is -3.26. The van der Waals surface area contributed by atoms with Crippen LogP contribution in [-0.4, -0.2) is 6.79 Å². The van der Waals surface area contributed by atoms with E-state index in [9.17, 15) is 0 Å². The topological polar surface area (TPSA) is 18.5 Å². The predicted molar refractivity (Wildman–Crippen MR) is 103 cm³/mol. The van der Waals surface area contributed by atoms with Crippen LogP contribution in [0.2, 0.25) is 0 Å². The molecule has 1 heterocycles. The molecule has 2 nitrogen and oxygen atoms in total. The summed E-state index contributed by atoms with van der Waals surface area (Å²) in [5.74, 6) is 1.69. The summed E-state index contributed by atoms with van der Waals surface area (Å²) in [6.07, 6.45) is 1.85. The number of hydrogen-bond donors (Lipinski definition) is 0. The minimum absolute atomic E-state index is 0.192. The number of benzene rings is 4. The second-order valence-electron chi connectivity index (χ2n) is 6.16. The van der Waals surface area contributed by atoms with Gasteiger partial charge >= 0.3 is 0 Å². The number of ether oxygens (including phenoxy) is 2. The maximum Gasteiger partial charge on any atom is 0.230 e. The summed E-state index contributed by atoms with van der Waals surface area (Å²) in [6.45, 7) is 4.17. The van der Waals surface area contributed by atoms with E-state index >= 15 is 0 Å². The standard InChI is InChI=1S/C23H16O2/c1-2-15-13-17-8-4-6-10-19(17)22-21-18-9-5-3-7-16(18)11-12-20(21)24-14-25-23(15)22/h2-13H,1,14H2. The monoisotopic (exact) mass is 324 g/mol. The highest BCUT2D eigenvalue weighted by Crippen LogP contribution is 2.48. The highest BCUT2D eigenvalue weighted by Gasteiger charge is 2.23. The van der Waals surface area contributed by atoms with Gasteiger partial charge in [-0.25, -0.2) is 0 Å². The zero-order valence-corrected chi connectivity index (χ0v) is 13.7. The van der Waals surface area contributed by atoms with Crippen molar-refractivity contribution < 1.29 is 9.47 Å². The van der Waals surface area contributed by atoms with Crippen molar-refractivity contribution in [3.05, 3.63) is 78.9 Å². The normalized spacial score (nSPS) is 12.6. The van der Waals surface area contributed by atoms with Crippen molar-refractivity contribution in [1.29, 1.82) is 0 Å². The molecule has 0 unspecified atom stereocenters. The van der Waals surface area contributed by atoms with E-state index in [4.69, 9.17) is 9.47 Å². The molecule has 0 N–H and O–H groups in total. The van der Waals surface area contributed by atoms with Gasteiger partial charge in [-0.3, -0.25) is 0 Å². The zero-order chi connectivity index (χ0) is 16.8. The van der Waals surface area contributed by atoms with E-state index in [1.54, 1.807) is 0 Å². The van der Waals surface area contributed by atoms with E-state index in [0.29, 0.717) is 0 Å². The SMILES string of the molecule is C=Cc1cc2ccccc2c2c1OCOc1ccc3ccccc3c1-2. The molecule has 25 heavy (non-hydrogen) atoms. The molecule has 4 aromatic rings. The van der Waals surface area contributed by atoms with Crippen molar-refractivity contribution in [3.8, 4) is 22.6 Å². The molecule has 0 bridgehead atoms. The Bertz CT molecular complexity index is 1140. The summed E-state index contributed by atoms with van der Waals surface area (Å²) < 4.78 is 11.9. The van der Waals surface area contributed by atoms with Gasteiger partial charge in [-0.15, -0.1) is 0 Å². The van der Waals surface area contributed by atoms with Crippen LogP contribution in [0, 0.1) is 0 Å². The Morgan fingerprint density at radius 3 is 2.28 bits per heavy atom. The average Bonchev–Trinajstić information content (AvgIpc) is 2.87. The molecule has 0 amide bonds. The first kappa shape index (κ1) is 14.1. The van der Waals surface area contributed by atoms with Crippen molar-refractivity contribution >= 4 is 27.6 Å². The van der Waals surface area contributed by atoms with Gasteiger partial charge in [-0.05, 0) is 33.7 Å². The highest BCUT2D eigenvalue weighted by molar-refractivity contribution is 6.11. The van der Waals surface area contributed by atoms with Crippen LogP contribution in [0.15, 0.2) is 73.3 Å². The molecular formula is C23H16O2. The van der Waals surface area contributed by atoms with Crippen molar-refractivity contribution in [1.82, 2.24) is 0 Å². The molecule has 2 heteroatoms. The Morgan fingerprint density at radius 2 is 1.48 bits per heavy atom. The lowest BCUT2D eigenvalue weighted by atomic mass is 9.90. The third kappa shape index (κ3) is 2.04. The molecule has 4 aromatic carbocycles. The first-order valence-electron chi connectivity index (χ1n) is 8.33. The molecule has 0 fully saturated rings. The summed E-state index contributed by atoms with van der Waals surface area (Å²) >= 11 is 0. The van der Waals surface area contributed by atoms with Gasteiger partial charge in [0.25, 0.3) is 0 Å². The van der Waals surface area contributed by atoms with E-state index in [1.807, 2.05) is 12.1 Å². The van der Waals surface area contributed by atoms with E-state index < -0.39 is 0 Å². The molecule has 0 aliphatic carbocycles. The molecule has 120 valence electrons. The lowest BCUT2D eigenvalue weighted by Gasteiger charge is -2.15. The fraction of sp³-hybridized carbons (Fsp3) is 0.0435. The summed E-state index contributed by atoms with van der Waals surface area (Å²) in [5.41, 5.74) is 3.15. The second kappa shape index (κ2) is 5.38. The van der Waals surface area contributed by atoms with E-state index in [2.05, 4.69) is 67.2 Å². The maximum absolute atomic E-state index is 6.02. The fourth-order valence-corrected chi connectivity index (χ4v) is 3.69. The molecule has 5 rings (SSSR count). The predicted octanol–water partition coefficient (Wildman–Crippen LogP) is 6.03. The fourth-order valence-electron chi connectivity index (χ4n) is 3.69. The van der Waals surface area contributed by atoms with Crippen LogP contribution in [0.25, 0.3) is 38.7 Å². The largest absolute Gasteiger partial charge is 0.457 e. The second-order valence-corrected chi connectivity index (χ2v) is 6.16. The van der Waals surface area contributed by atoms with Crippen LogP contribution in [0.3, 0.4) is 0 Å². The van der Waals surface area contributed by atoms with Crippen LogP contribution in [-0.2, 0) is 0 Å². The third-order valence-electron chi connectivity index (χ3n) is 4.81. The van der Waals surface area contributed by atoms with E-state index in [-0.39, 0.29) is 6.79 Å². The molecule has 0 radical (unpaired) electrons. The lowest BCUT2D eigenvalue weighted by Crippen LogP contribution is -2.04. The number of rotatable bonds is 1. The van der Waals surface area contributed by atoms with Gasteiger partial charge in [0.1, 0.15) is 11.5 Å². The van der Waals surface area contributed by atoms with Gasteiger partial charge in [-0.1, -0.05) is 67.3 Å². The molecular weight excluding hydrogens is 308 g/mol. The Labute approximate surface area is 145 Å². The van der Waals surface area contributed by atoms with Crippen LogP contribution in [0.1, 0.15) is 5.56 Å². The van der Waals surface area contributed by atoms with Crippen molar-refractivity contribution in [2.75, 3.05) is 6.79 Å². The minimum atomic E-state index is 0.192. The Morgan fingerprint density at radius 1 is 0.760 bits per heavy atom. The van der Waals surface area contributed by atoms with E-state index in [0.717, 1.165) is 39.0 Å². The van der Waals surface area contributed by atoms with Gasteiger partial charge in [0.2, 0.25) is 6.79 Å². The summed E-state index contributed by atoms with van der Waals surface area (Å²) in [5, 5.41) is 4.68. The van der Waals surface area contributed by atoms with Gasteiger partial charge in [0.15, 0.2) is 0 Å². The Kier molecular flexibility index (Phi) is 3.04. The first-order chi connectivity index (χ1) is 12.4. The molecule has 1 aliphatic rings. The average molecular weight is 324 g/mol. The molecule has 0 atom stereocenters. The van der Waals surface area contributed by atoms with Crippen LogP contribution in [0.5, 0.6) is 11.5 Å². The van der Waals surface area contributed by atoms with E-state index in [1.165, 1.54) is 10.8 Å². The van der Waals surface area contributed by atoms with Crippen LogP contribution >= 0.6 is 0 Å². The summed E-state index contributed by atoms with van der Waals surface area (Å²) in [7, 11) is 0. The van der Waals surface area contributed by atoms with Gasteiger partial charge in [0, 0.05) is 16.7 Å². The third-order valence-corrected chi connectivity index (χ3v) is 4.81. The van der Waals surface area contributed by atoms with Gasteiger partial charge < -0.3 is 9.47 Å². The smallest absolute Gasteiger partial charge is 0.230 e. The molecule has 0 saturated carbocycles. The minimum Gasteiger partial charge on any atom is -0.457 e. The summed E-state index contributed by atoms with van der Waals surface area (Å²) in [6, 6.07) is 23.0. The quantitative estimate of drug-likeness (QED) is 0.425. The lowest BCUT2D eigenvalue weighted by molar-refractivity contribution is 0.124. The Balaban J connectivity index is 2.04. The molecule has 0 aromatic heterocycles. The van der Waals surface area contributed by atoms with Crippen molar-refractivity contribution in [2.24, 2.45) is 0 Å². The molecule has 0 spiro atoms. The van der Waals surface area contributed by atoms with Crippen molar-refractivity contribution in [3.63, 3.8) is 0 Å². The van der Waals surface area contributed by atoms with Gasteiger partial charge in [0.05, 0.1) is 0 Å². The van der Waals surface area contributed by atoms with Gasteiger partial charge in [-0.2, -0.15) is 0 Å². The number of hydrogen-bond acceptors (Lipinski definition) is 2. The van der Waals surface area contributed by atoms with Crippen molar-refractivity contribution in [2.45, 2.75) is 0 Å².